The molecule has 3 rings (SSSR count). The Balaban J connectivity index is 1.81. The molecule has 0 fully saturated rings. The molecular formula is C14H17NO4. The van der Waals surface area contributed by atoms with Crippen molar-refractivity contribution >= 4 is 5.78 Å². The van der Waals surface area contributed by atoms with Crippen LogP contribution in [0.1, 0.15) is 30.6 Å². The molecule has 1 aromatic rings. The molecule has 2 heterocycles. The van der Waals surface area contributed by atoms with E-state index in [1.54, 1.807) is 6.92 Å². The number of carbonyl (C=O) groups excluding carboxylic acids is 1. The van der Waals surface area contributed by atoms with E-state index >= 15 is 0 Å². The van der Waals surface area contributed by atoms with Gasteiger partial charge in [-0.15, -0.1) is 0 Å². The average molecular weight is 263 g/mol. The number of ketones is 1. The van der Waals surface area contributed by atoms with E-state index in [4.69, 9.17) is 9.47 Å². The van der Waals surface area contributed by atoms with Gasteiger partial charge < -0.3 is 14.6 Å². The monoisotopic (exact) mass is 263 g/mol. The van der Waals surface area contributed by atoms with Crippen LogP contribution >= 0.6 is 0 Å². The van der Waals surface area contributed by atoms with Gasteiger partial charge in [-0.2, -0.15) is 0 Å². The zero-order valence-electron chi connectivity index (χ0n) is 10.9. The summed E-state index contributed by atoms with van der Waals surface area (Å²) in [6.45, 7) is 3.80. The first-order valence-electron chi connectivity index (χ1n) is 6.46. The SMILES string of the molecule is CC(=O)CCN1Cc2cc3c(cc2[C@@H](O)C1)OCO3. The number of nitrogens with zero attached hydrogens (tertiary/aromatic N) is 1. The predicted molar refractivity (Wildman–Crippen MR) is 68.1 cm³/mol. The molecule has 2 aliphatic rings. The van der Waals surface area contributed by atoms with E-state index in [9.17, 15) is 9.90 Å². The Bertz CT molecular complexity index is 514. The van der Waals surface area contributed by atoms with Crippen LogP contribution in [0.25, 0.3) is 0 Å². The average Bonchev–Trinajstić information content (AvgIpc) is 2.81. The molecule has 102 valence electrons. The third kappa shape index (κ3) is 2.43. The van der Waals surface area contributed by atoms with E-state index in [1.807, 2.05) is 12.1 Å². The van der Waals surface area contributed by atoms with Crippen LogP contribution in [0, 0.1) is 0 Å². The molecule has 0 radical (unpaired) electrons. The van der Waals surface area contributed by atoms with Crippen LogP contribution in [-0.2, 0) is 11.3 Å². The van der Waals surface area contributed by atoms with Crippen LogP contribution in [0.2, 0.25) is 0 Å². The summed E-state index contributed by atoms with van der Waals surface area (Å²) in [6.07, 6.45) is -0.0164. The molecule has 0 amide bonds. The molecule has 0 bridgehead atoms. The lowest BCUT2D eigenvalue weighted by Gasteiger charge is -2.32. The first kappa shape index (κ1) is 12.4. The molecule has 5 nitrogen and oxygen atoms in total. The summed E-state index contributed by atoms with van der Waals surface area (Å²) in [6, 6.07) is 3.80. The minimum atomic E-state index is -0.537. The fourth-order valence-corrected chi connectivity index (χ4v) is 2.58. The first-order chi connectivity index (χ1) is 9.13. The van der Waals surface area contributed by atoms with E-state index in [1.165, 1.54) is 0 Å². The Labute approximate surface area is 111 Å². The summed E-state index contributed by atoms with van der Waals surface area (Å²) in [5, 5.41) is 10.2. The van der Waals surface area contributed by atoms with E-state index in [2.05, 4.69) is 4.90 Å². The van der Waals surface area contributed by atoms with Crippen molar-refractivity contribution in [2.45, 2.75) is 26.0 Å². The van der Waals surface area contributed by atoms with Crippen LogP contribution in [0.3, 0.4) is 0 Å². The second-order valence-electron chi connectivity index (χ2n) is 5.11. The number of Topliss-reactive ketones (excluding diaryl/α,β-unsaturated/α-hetero) is 1. The number of aliphatic hydroxyl groups is 1. The second kappa shape index (κ2) is 4.83. The third-order valence-electron chi connectivity index (χ3n) is 3.60. The zero-order valence-corrected chi connectivity index (χ0v) is 10.9. The molecule has 0 aliphatic carbocycles. The van der Waals surface area contributed by atoms with Crippen LogP contribution in [0.4, 0.5) is 0 Å². The molecule has 0 saturated heterocycles. The quantitative estimate of drug-likeness (QED) is 0.889. The maximum atomic E-state index is 11.0. The number of fused-ring (bicyclic) bond motifs is 2. The van der Waals surface area contributed by atoms with E-state index < -0.39 is 6.10 Å². The van der Waals surface area contributed by atoms with Crippen molar-refractivity contribution in [3.05, 3.63) is 23.3 Å². The fourth-order valence-electron chi connectivity index (χ4n) is 2.58. The van der Waals surface area contributed by atoms with Crippen LogP contribution in [-0.4, -0.2) is 35.7 Å². The highest BCUT2D eigenvalue weighted by Crippen LogP contribution is 2.39. The van der Waals surface area contributed by atoms with Crippen molar-refractivity contribution in [3.8, 4) is 11.5 Å². The van der Waals surface area contributed by atoms with Gasteiger partial charge in [0.2, 0.25) is 6.79 Å². The predicted octanol–water partition coefficient (Wildman–Crippen LogP) is 1.24. The van der Waals surface area contributed by atoms with Gasteiger partial charge in [-0.3, -0.25) is 9.69 Å². The number of β-amino-alcohol motifs (C(OH)–C–C–N with tert-alkyl or cyclic N) is 1. The number of aliphatic hydroxyl groups excluding tert-OH is 1. The number of hydrogen-bond acceptors (Lipinski definition) is 5. The smallest absolute Gasteiger partial charge is 0.231 e. The Kier molecular flexibility index (Phi) is 3.16. The first-order valence-corrected chi connectivity index (χ1v) is 6.46. The van der Waals surface area contributed by atoms with Crippen molar-refractivity contribution in [1.82, 2.24) is 4.90 Å². The van der Waals surface area contributed by atoms with Crippen molar-refractivity contribution < 1.29 is 19.4 Å². The molecular weight excluding hydrogens is 246 g/mol. The van der Waals surface area contributed by atoms with Crippen molar-refractivity contribution in [3.63, 3.8) is 0 Å². The van der Waals surface area contributed by atoms with Crippen molar-refractivity contribution in [1.29, 1.82) is 0 Å². The zero-order chi connectivity index (χ0) is 13.4. The van der Waals surface area contributed by atoms with Gasteiger partial charge in [-0.25, -0.2) is 0 Å². The summed E-state index contributed by atoms with van der Waals surface area (Å²) < 4.78 is 10.7. The highest BCUT2D eigenvalue weighted by Gasteiger charge is 2.27. The van der Waals surface area contributed by atoms with Gasteiger partial charge in [-0.1, -0.05) is 0 Å². The maximum Gasteiger partial charge on any atom is 0.231 e. The maximum absolute atomic E-state index is 11.0. The van der Waals surface area contributed by atoms with Gasteiger partial charge in [0.1, 0.15) is 5.78 Å². The molecule has 1 atom stereocenters. The normalized spacial score (nSPS) is 21.3. The van der Waals surface area contributed by atoms with Crippen LogP contribution < -0.4 is 9.47 Å². The number of carbonyl (C=O) groups is 1. The minimum absolute atomic E-state index is 0.172. The summed E-state index contributed by atoms with van der Waals surface area (Å²) in [7, 11) is 0. The summed E-state index contributed by atoms with van der Waals surface area (Å²) in [4.78, 5) is 13.1. The van der Waals surface area contributed by atoms with E-state index in [-0.39, 0.29) is 12.6 Å². The lowest BCUT2D eigenvalue weighted by Crippen LogP contribution is -2.34. The largest absolute Gasteiger partial charge is 0.454 e. The molecule has 2 aliphatic heterocycles. The van der Waals surface area contributed by atoms with Gasteiger partial charge in [-0.05, 0) is 30.2 Å². The van der Waals surface area contributed by atoms with Crippen LogP contribution in [0.15, 0.2) is 12.1 Å². The Hall–Kier alpha value is -1.59. The highest BCUT2D eigenvalue weighted by molar-refractivity contribution is 5.75. The van der Waals surface area contributed by atoms with E-state index in [0.29, 0.717) is 25.3 Å². The Morgan fingerprint density at radius 1 is 1.42 bits per heavy atom. The van der Waals surface area contributed by atoms with Gasteiger partial charge in [0.05, 0.1) is 6.10 Å². The molecule has 0 aromatic heterocycles. The molecule has 1 aromatic carbocycles. The minimum Gasteiger partial charge on any atom is -0.454 e. The van der Waals surface area contributed by atoms with Gasteiger partial charge in [0.25, 0.3) is 0 Å². The van der Waals surface area contributed by atoms with E-state index in [0.717, 1.165) is 23.4 Å². The van der Waals surface area contributed by atoms with Gasteiger partial charge in [0.15, 0.2) is 11.5 Å². The molecule has 1 N–H and O–H groups in total. The Morgan fingerprint density at radius 2 is 2.16 bits per heavy atom. The number of benzene rings is 1. The van der Waals surface area contributed by atoms with Gasteiger partial charge in [0, 0.05) is 26.1 Å². The fraction of sp³-hybridized carbons (Fsp3) is 0.500. The molecule has 19 heavy (non-hydrogen) atoms. The summed E-state index contributed by atoms with van der Waals surface area (Å²) >= 11 is 0. The standard InChI is InChI=1S/C14H17NO4/c1-9(16)2-3-15-6-10-4-13-14(19-8-18-13)5-11(10)12(17)7-15/h4-5,12,17H,2-3,6-8H2,1H3/t12-/m0/s1. The second-order valence-corrected chi connectivity index (χ2v) is 5.11. The third-order valence-corrected chi connectivity index (χ3v) is 3.60. The van der Waals surface area contributed by atoms with Crippen LogP contribution in [0.5, 0.6) is 11.5 Å². The molecule has 5 heteroatoms. The number of ether oxygens (including phenoxy) is 2. The number of hydrogen-bond donors (Lipinski definition) is 1. The lowest BCUT2D eigenvalue weighted by atomic mass is 9.96. The van der Waals surface area contributed by atoms with Gasteiger partial charge >= 0.3 is 0 Å². The summed E-state index contributed by atoms with van der Waals surface area (Å²) in [5.41, 5.74) is 1.95. The topological polar surface area (TPSA) is 59.0 Å². The molecule has 0 saturated carbocycles. The molecule has 0 spiro atoms. The molecule has 0 unspecified atom stereocenters. The van der Waals surface area contributed by atoms with Crippen molar-refractivity contribution in [2.75, 3.05) is 19.9 Å². The summed E-state index contributed by atoms with van der Waals surface area (Å²) in [5.74, 6) is 1.61. The highest BCUT2D eigenvalue weighted by atomic mass is 16.7. The number of rotatable bonds is 3. The van der Waals surface area contributed by atoms with Crippen molar-refractivity contribution in [2.24, 2.45) is 0 Å². The lowest BCUT2D eigenvalue weighted by molar-refractivity contribution is -0.117. The Morgan fingerprint density at radius 3 is 2.89 bits per heavy atom.